The molecule has 1 aromatic rings. The molecule has 20 heavy (non-hydrogen) atoms. The van der Waals surface area contributed by atoms with Crippen LogP contribution in [0.5, 0.6) is 0 Å². The third-order valence-electron chi connectivity index (χ3n) is 3.16. The lowest BCUT2D eigenvalue weighted by molar-refractivity contribution is -0.119. The minimum Gasteiger partial charge on any atom is -0.478 e. The van der Waals surface area contributed by atoms with Gasteiger partial charge < -0.3 is 20.1 Å². The van der Waals surface area contributed by atoms with Crippen LogP contribution in [0.2, 0.25) is 0 Å². The van der Waals surface area contributed by atoms with E-state index in [1.54, 1.807) is 14.0 Å². The quantitative estimate of drug-likeness (QED) is 0.841. The number of ether oxygens (including phenoxy) is 1. The summed E-state index contributed by atoms with van der Waals surface area (Å²) in [6.45, 7) is 3.49. The Hall–Kier alpha value is -1.51. The second-order valence-corrected chi connectivity index (χ2v) is 5.39. The first kappa shape index (κ1) is 14.9. The predicted octanol–water partition coefficient (Wildman–Crippen LogP) is 0.491. The molecule has 110 valence electrons. The lowest BCUT2D eigenvalue weighted by Crippen LogP contribution is -2.44. The molecule has 8 heteroatoms. The number of hydrogen-bond acceptors (Lipinski definition) is 6. The van der Waals surface area contributed by atoms with Crippen molar-refractivity contribution in [3.8, 4) is 0 Å². The molecule has 2 rings (SSSR count). The molecule has 0 saturated carbocycles. The van der Waals surface area contributed by atoms with Gasteiger partial charge in [-0.25, -0.2) is 4.79 Å². The van der Waals surface area contributed by atoms with E-state index in [-0.39, 0.29) is 23.9 Å². The molecular weight excluding hydrogens is 282 g/mol. The van der Waals surface area contributed by atoms with Gasteiger partial charge in [0.1, 0.15) is 10.6 Å². The molecule has 1 unspecified atom stereocenters. The van der Waals surface area contributed by atoms with E-state index in [1.807, 2.05) is 0 Å². The maximum absolute atomic E-state index is 12.2. The lowest BCUT2D eigenvalue weighted by atomic mass is 10.1. The number of hydrogen-bond donors (Lipinski definition) is 2. The zero-order chi connectivity index (χ0) is 14.7. The highest BCUT2D eigenvalue weighted by molar-refractivity contribution is 7.11. The van der Waals surface area contributed by atoms with Gasteiger partial charge in [0.25, 0.3) is 0 Å². The summed E-state index contributed by atoms with van der Waals surface area (Å²) in [5.41, 5.74) is 0.523. The van der Waals surface area contributed by atoms with Crippen LogP contribution in [0.4, 0.5) is 5.00 Å². The Balaban J connectivity index is 2.08. The van der Waals surface area contributed by atoms with Crippen LogP contribution in [0.15, 0.2) is 0 Å². The molecule has 1 atom stereocenters. The first-order valence-electron chi connectivity index (χ1n) is 6.28. The van der Waals surface area contributed by atoms with E-state index in [9.17, 15) is 14.7 Å². The van der Waals surface area contributed by atoms with Gasteiger partial charge in [-0.05, 0) is 18.5 Å². The van der Waals surface area contributed by atoms with Gasteiger partial charge in [0.2, 0.25) is 5.91 Å². The number of rotatable bonds is 4. The van der Waals surface area contributed by atoms with Gasteiger partial charge in [-0.1, -0.05) is 0 Å². The van der Waals surface area contributed by atoms with Gasteiger partial charge in [-0.2, -0.15) is 4.37 Å². The minimum absolute atomic E-state index is 0.0269. The van der Waals surface area contributed by atoms with Crippen LogP contribution in [-0.2, 0) is 9.53 Å². The van der Waals surface area contributed by atoms with E-state index >= 15 is 0 Å². The molecule has 1 fully saturated rings. The molecule has 0 aliphatic carbocycles. The van der Waals surface area contributed by atoms with Gasteiger partial charge in [-0.15, -0.1) is 0 Å². The number of aryl methyl sites for hydroxylation is 1. The van der Waals surface area contributed by atoms with Crippen LogP contribution in [-0.4, -0.2) is 54.2 Å². The largest absolute Gasteiger partial charge is 0.478 e. The van der Waals surface area contributed by atoms with Crippen molar-refractivity contribution in [1.29, 1.82) is 0 Å². The topological polar surface area (TPSA) is 91.8 Å². The number of carbonyl (C=O) groups excluding carboxylic acids is 1. The van der Waals surface area contributed by atoms with Gasteiger partial charge in [0.15, 0.2) is 0 Å². The van der Waals surface area contributed by atoms with Gasteiger partial charge in [0, 0.05) is 26.1 Å². The summed E-state index contributed by atoms with van der Waals surface area (Å²) in [7, 11) is 1.57. The van der Waals surface area contributed by atoms with Crippen molar-refractivity contribution in [2.75, 3.05) is 31.7 Å². The molecule has 1 aromatic heterocycles. The van der Waals surface area contributed by atoms with Crippen LogP contribution in [0.3, 0.4) is 0 Å². The third-order valence-corrected chi connectivity index (χ3v) is 4.17. The van der Waals surface area contributed by atoms with Crippen molar-refractivity contribution in [2.24, 2.45) is 0 Å². The van der Waals surface area contributed by atoms with Gasteiger partial charge in [-0.3, -0.25) is 4.79 Å². The normalized spacial score (nSPS) is 18.8. The summed E-state index contributed by atoms with van der Waals surface area (Å²) >= 11 is 1.03. The fraction of sp³-hybridized carbons (Fsp3) is 0.583. The lowest BCUT2D eigenvalue weighted by Gasteiger charge is -2.25. The van der Waals surface area contributed by atoms with Gasteiger partial charge >= 0.3 is 5.97 Å². The molecule has 1 amide bonds. The molecule has 0 radical (unpaired) electrons. The van der Waals surface area contributed by atoms with E-state index in [1.165, 1.54) is 4.90 Å². The molecular formula is C12H17N3O4S. The van der Waals surface area contributed by atoms with E-state index in [2.05, 4.69) is 9.69 Å². The number of anilines is 1. The highest BCUT2D eigenvalue weighted by atomic mass is 32.1. The van der Waals surface area contributed by atoms with Crippen molar-refractivity contribution in [3.05, 3.63) is 11.3 Å². The molecule has 2 heterocycles. The summed E-state index contributed by atoms with van der Waals surface area (Å²) in [4.78, 5) is 24.8. The van der Waals surface area contributed by atoms with Crippen molar-refractivity contribution >= 4 is 28.4 Å². The fourth-order valence-corrected chi connectivity index (χ4v) is 2.91. The average molecular weight is 299 g/mol. The SMILES string of the molecule is Cc1nsc(N(C)C(=O)CC2COCCN2)c1C(=O)O. The maximum Gasteiger partial charge on any atom is 0.340 e. The number of nitrogens with zero attached hydrogens (tertiary/aromatic N) is 2. The van der Waals surface area contributed by atoms with Crippen molar-refractivity contribution in [3.63, 3.8) is 0 Å². The van der Waals surface area contributed by atoms with Crippen LogP contribution in [0.25, 0.3) is 0 Å². The maximum atomic E-state index is 12.2. The fourth-order valence-electron chi connectivity index (χ4n) is 2.04. The van der Waals surface area contributed by atoms with Crippen molar-refractivity contribution < 1.29 is 19.4 Å². The summed E-state index contributed by atoms with van der Waals surface area (Å²) in [5, 5.41) is 12.8. The second kappa shape index (κ2) is 6.29. The molecule has 1 aliphatic rings. The molecule has 0 spiro atoms. The zero-order valence-corrected chi connectivity index (χ0v) is 12.2. The van der Waals surface area contributed by atoms with Crippen LogP contribution >= 0.6 is 11.5 Å². The first-order valence-corrected chi connectivity index (χ1v) is 7.05. The number of nitrogens with one attached hydrogen (secondary N) is 1. The second-order valence-electron chi connectivity index (χ2n) is 4.64. The van der Waals surface area contributed by atoms with E-state index in [0.29, 0.717) is 23.9 Å². The first-order chi connectivity index (χ1) is 9.50. The highest BCUT2D eigenvalue weighted by Gasteiger charge is 2.26. The van der Waals surface area contributed by atoms with Crippen LogP contribution < -0.4 is 10.2 Å². The molecule has 7 nitrogen and oxygen atoms in total. The standard InChI is InChI=1S/C12H17N3O4S/c1-7-10(12(17)18)11(20-14-7)15(2)9(16)5-8-6-19-4-3-13-8/h8,13H,3-6H2,1-2H3,(H,17,18). The Morgan fingerprint density at radius 3 is 2.95 bits per heavy atom. The highest BCUT2D eigenvalue weighted by Crippen LogP contribution is 2.28. The van der Waals surface area contributed by atoms with E-state index in [0.717, 1.165) is 18.1 Å². The Morgan fingerprint density at radius 1 is 1.60 bits per heavy atom. The van der Waals surface area contributed by atoms with Crippen LogP contribution in [0.1, 0.15) is 22.5 Å². The van der Waals surface area contributed by atoms with Crippen LogP contribution in [0, 0.1) is 6.92 Å². The summed E-state index contributed by atoms with van der Waals surface area (Å²) < 4.78 is 9.31. The van der Waals surface area contributed by atoms with E-state index in [4.69, 9.17) is 4.74 Å². The number of amides is 1. The number of carbonyl (C=O) groups is 2. The Labute approximate surface area is 120 Å². The smallest absolute Gasteiger partial charge is 0.340 e. The predicted molar refractivity (Wildman–Crippen MR) is 74.4 cm³/mol. The molecule has 0 aromatic carbocycles. The number of carboxylic acids is 1. The number of aromatic nitrogens is 1. The Bertz CT molecular complexity index is 511. The number of morpholine rings is 1. The Kier molecular flexibility index (Phi) is 4.69. The minimum atomic E-state index is -1.06. The molecule has 1 saturated heterocycles. The molecule has 0 bridgehead atoms. The molecule has 1 aliphatic heterocycles. The van der Waals surface area contributed by atoms with Crippen molar-refractivity contribution in [1.82, 2.24) is 9.69 Å². The third kappa shape index (κ3) is 3.14. The average Bonchev–Trinajstić information content (AvgIpc) is 2.81. The Morgan fingerprint density at radius 2 is 2.35 bits per heavy atom. The summed E-state index contributed by atoms with van der Waals surface area (Å²) in [6.07, 6.45) is 0.270. The monoisotopic (exact) mass is 299 g/mol. The van der Waals surface area contributed by atoms with E-state index < -0.39 is 5.97 Å². The number of carboxylic acid groups (broad SMARTS) is 1. The summed E-state index contributed by atoms with van der Waals surface area (Å²) in [5.74, 6) is -1.22. The van der Waals surface area contributed by atoms with Crippen molar-refractivity contribution in [2.45, 2.75) is 19.4 Å². The number of aromatic carboxylic acids is 1. The van der Waals surface area contributed by atoms with Gasteiger partial charge in [0.05, 0.1) is 18.9 Å². The zero-order valence-electron chi connectivity index (χ0n) is 11.4. The molecule has 2 N–H and O–H groups in total. The summed E-state index contributed by atoms with van der Waals surface area (Å²) in [6, 6.07) is -0.0269.